The number of hydrogen-bond acceptors (Lipinski definition) is 12. The van der Waals surface area contributed by atoms with Crippen LogP contribution in [0.2, 0.25) is 0 Å². The molecule has 1 fully saturated rings. The number of oxazole rings is 1. The highest BCUT2D eigenvalue weighted by molar-refractivity contribution is 8.00. The van der Waals surface area contributed by atoms with Crippen LogP contribution in [0.25, 0.3) is 0 Å². The first-order valence-corrected chi connectivity index (χ1v) is 14.0. The zero-order valence-electron chi connectivity index (χ0n) is 23.1. The second-order valence-electron chi connectivity index (χ2n) is 9.37. The number of thioether (sulfide) groups is 1. The third-order valence-corrected chi connectivity index (χ3v) is 7.91. The molecule has 0 saturated carbocycles. The van der Waals surface area contributed by atoms with E-state index in [-0.39, 0.29) is 41.0 Å². The maximum atomic E-state index is 14.0. The summed E-state index contributed by atoms with van der Waals surface area (Å²) in [6.07, 6.45) is 0.445. The van der Waals surface area contributed by atoms with Crippen LogP contribution in [0.5, 0.6) is 0 Å². The van der Waals surface area contributed by atoms with Gasteiger partial charge in [0.25, 0.3) is 11.9 Å². The van der Waals surface area contributed by atoms with Gasteiger partial charge in [0.05, 0.1) is 11.8 Å². The number of nitrogens with two attached hydrogens (primary N) is 1. The number of aromatic nitrogens is 1. The number of amides is 2. The standard InChI is InChI=1S/C29H27N5O8S/c1-16(35)40-14-19-24(28(38)42-25(17-9-5-3-6-10-17)18-11-7-4-8-12-18)34-21(36)13-22(34)43-27(19)32-26(37)23(33-39-2)20-15-41-29(30)31-20/h3-12,15,22,25,27H,13-14H2,1-2H3,(H2,30,31)(H,32,37)/b33-23-/t22-,27?/m0/s1. The molecule has 1 saturated heterocycles. The molecular weight excluding hydrogens is 578 g/mol. The van der Waals surface area contributed by atoms with E-state index in [2.05, 4.69) is 15.5 Å². The molecule has 3 aromatic rings. The molecule has 2 atom stereocenters. The molecule has 2 aliphatic heterocycles. The van der Waals surface area contributed by atoms with Crippen LogP contribution in [-0.2, 0) is 33.5 Å². The van der Waals surface area contributed by atoms with Crippen LogP contribution in [0.4, 0.5) is 6.01 Å². The molecule has 3 N–H and O–H groups in total. The Morgan fingerprint density at radius 1 is 1.14 bits per heavy atom. The lowest BCUT2D eigenvalue weighted by atomic mass is 10.0. The van der Waals surface area contributed by atoms with Crippen LogP contribution in [-0.4, -0.2) is 63.8 Å². The third-order valence-electron chi connectivity index (χ3n) is 6.54. The number of fused-ring (bicyclic) bond motifs is 1. The fourth-order valence-corrected chi connectivity index (χ4v) is 6.00. The SMILES string of the molecule is CO/N=C(\C(=O)NC1S[C@H]2CC(=O)N2C(C(=O)OC(c2ccccc2)c2ccccc2)=C1COC(C)=O)c1coc(N)n1. The van der Waals surface area contributed by atoms with E-state index in [1.54, 1.807) is 0 Å². The number of ether oxygens (including phenoxy) is 2. The molecule has 2 aromatic carbocycles. The minimum atomic E-state index is -0.929. The minimum absolute atomic E-state index is 0.0109. The van der Waals surface area contributed by atoms with Gasteiger partial charge < -0.3 is 29.8 Å². The molecule has 0 radical (unpaired) electrons. The monoisotopic (exact) mass is 605 g/mol. The number of benzene rings is 2. The van der Waals surface area contributed by atoms with Crippen LogP contribution in [0.3, 0.4) is 0 Å². The Labute approximate surface area is 250 Å². The highest BCUT2D eigenvalue weighted by Gasteiger charge is 2.50. The number of esters is 2. The predicted octanol–water partition coefficient (Wildman–Crippen LogP) is 2.50. The maximum Gasteiger partial charge on any atom is 0.356 e. The van der Waals surface area contributed by atoms with E-state index < -0.39 is 41.3 Å². The summed E-state index contributed by atoms with van der Waals surface area (Å²) in [6.45, 7) is 0.808. The molecule has 43 heavy (non-hydrogen) atoms. The van der Waals surface area contributed by atoms with E-state index in [0.29, 0.717) is 11.1 Å². The third kappa shape index (κ3) is 6.38. The number of nitrogens with one attached hydrogen (secondary N) is 1. The van der Waals surface area contributed by atoms with Gasteiger partial charge in [-0.15, -0.1) is 11.8 Å². The molecule has 3 heterocycles. The number of rotatable bonds is 10. The second-order valence-corrected chi connectivity index (χ2v) is 10.7. The molecule has 1 aromatic heterocycles. The van der Waals surface area contributed by atoms with Gasteiger partial charge in [0.1, 0.15) is 36.7 Å². The van der Waals surface area contributed by atoms with Gasteiger partial charge in [-0.3, -0.25) is 19.3 Å². The number of nitrogen functional groups attached to an aromatic ring is 1. The Morgan fingerprint density at radius 2 is 1.79 bits per heavy atom. The van der Waals surface area contributed by atoms with Crippen molar-refractivity contribution in [2.45, 2.75) is 30.2 Å². The largest absolute Gasteiger partial charge is 0.461 e. The number of anilines is 1. The van der Waals surface area contributed by atoms with Crippen LogP contribution in [0.15, 0.2) is 87.8 Å². The summed E-state index contributed by atoms with van der Waals surface area (Å²) in [6, 6.07) is 18.1. The van der Waals surface area contributed by atoms with Crippen LogP contribution in [0, 0.1) is 0 Å². The van der Waals surface area contributed by atoms with E-state index >= 15 is 0 Å². The summed E-state index contributed by atoms with van der Waals surface area (Å²) < 4.78 is 16.4. The van der Waals surface area contributed by atoms with Crippen LogP contribution >= 0.6 is 11.8 Å². The van der Waals surface area contributed by atoms with E-state index in [1.165, 1.54) is 30.7 Å². The van der Waals surface area contributed by atoms with Crippen LogP contribution in [0.1, 0.15) is 36.3 Å². The van der Waals surface area contributed by atoms with Crippen molar-refractivity contribution in [1.82, 2.24) is 15.2 Å². The zero-order valence-corrected chi connectivity index (χ0v) is 23.9. The first-order chi connectivity index (χ1) is 20.8. The van der Waals surface area contributed by atoms with Gasteiger partial charge in [0.15, 0.2) is 11.8 Å². The van der Waals surface area contributed by atoms with Crippen molar-refractivity contribution in [3.8, 4) is 0 Å². The molecule has 13 nitrogen and oxygen atoms in total. The second kappa shape index (κ2) is 12.8. The number of hydrogen-bond donors (Lipinski definition) is 2. The first-order valence-electron chi connectivity index (χ1n) is 13.0. The zero-order chi connectivity index (χ0) is 30.5. The fraction of sp³-hybridized carbons (Fsp3) is 0.241. The number of oxime groups is 1. The van der Waals surface area contributed by atoms with Crippen LogP contribution < -0.4 is 11.1 Å². The summed E-state index contributed by atoms with van der Waals surface area (Å²) in [4.78, 5) is 62.1. The van der Waals surface area contributed by atoms with Gasteiger partial charge in [0, 0.05) is 12.5 Å². The van der Waals surface area contributed by atoms with Crippen molar-refractivity contribution in [2.24, 2.45) is 5.16 Å². The van der Waals surface area contributed by atoms with E-state index in [0.717, 1.165) is 6.26 Å². The molecule has 0 aliphatic carbocycles. The van der Waals surface area contributed by atoms with Crippen molar-refractivity contribution < 1.29 is 37.9 Å². The average molecular weight is 606 g/mol. The molecule has 2 aliphatic rings. The lowest BCUT2D eigenvalue weighted by Crippen LogP contribution is -2.58. The molecule has 2 amide bonds. The van der Waals surface area contributed by atoms with Gasteiger partial charge >= 0.3 is 11.9 Å². The van der Waals surface area contributed by atoms with Crippen molar-refractivity contribution in [1.29, 1.82) is 0 Å². The predicted molar refractivity (Wildman–Crippen MR) is 154 cm³/mol. The number of carbonyl (C=O) groups excluding carboxylic acids is 4. The van der Waals surface area contributed by atoms with Crippen molar-refractivity contribution in [3.63, 3.8) is 0 Å². The van der Waals surface area contributed by atoms with Crippen molar-refractivity contribution >= 4 is 47.2 Å². The Hall–Kier alpha value is -5.11. The number of carbonyl (C=O) groups is 4. The number of β-lactam (4-membered cyclic amide) rings is 1. The first kappa shape index (κ1) is 29.4. The summed E-state index contributed by atoms with van der Waals surface area (Å²) >= 11 is 1.19. The molecule has 0 spiro atoms. The quantitative estimate of drug-likeness (QED) is 0.150. The maximum absolute atomic E-state index is 14.0. The Bertz CT molecular complexity index is 1550. The molecule has 5 rings (SSSR count). The summed E-state index contributed by atoms with van der Waals surface area (Å²) in [5.74, 6) is -2.51. The number of nitrogens with zero attached hydrogens (tertiary/aromatic N) is 3. The average Bonchev–Trinajstić information content (AvgIpc) is 3.43. The highest BCUT2D eigenvalue weighted by atomic mass is 32.2. The van der Waals surface area contributed by atoms with Gasteiger partial charge in [-0.1, -0.05) is 65.8 Å². The Balaban J connectivity index is 1.53. The van der Waals surface area contributed by atoms with E-state index in [1.807, 2.05) is 60.7 Å². The topological polar surface area (TPSA) is 176 Å². The van der Waals surface area contributed by atoms with E-state index in [9.17, 15) is 19.2 Å². The molecule has 0 bridgehead atoms. The van der Waals surface area contributed by atoms with Gasteiger partial charge in [-0.2, -0.15) is 4.98 Å². The summed E-state index contributed by atoms with van der Waals surface area (Å²) in [5.41, 5.74) is 6.78. The minimum Gasteiger partial charge on any atom is -0.461 e. The van der Waals surface area contributed by atoms with Gasteiger partial charge in [-0.25, -0.2) is 4.79 Å². The summed E-state index contributed by atoms with van der Waals surface area (Å²) in [7, 11) is 1.25. The van der Waals surface area contributed by atoms with Crippen molar-refractivity contribution in [2.75, 3.05) is 19.5 Å². The molecule has 222 valence electrons. The smallest absolute Gasteiger partial charge is 0.356 e. The Morgan fingerprint density at radius 3 is 2.33 bits per heavy atom. The van der Waals surface area contributed by atoms with Gasteiger partial charge in [-0.05, 0) is 11.1 Å². The highest BCUT2D eigenvalue weighted by Crippen LogP contribution is 2.44. The normalized spacial score (nSPS) is 18.1. The molecular formula is C29H27N5O8S. The lowest BCUT2D eigenvalue weighted by Gasteiger charge is -2.47. The molecule has 14 heteroatoms. The van der Waals surface area contributed by atoms with Crippen molar-refractivity contribution in [3.05, 3.63) is 95.0 Å². The van der Waals surface area contributed by atoms with Gasteiger partial charge in [0.2, 0.25) is 5.91 Å². The lowest BCUT2D eigenvalue weighted by molar-refractivity contribution is -0.152. The Kier molecular flexibility index (Phi) is 8.76. The molecule has 1 unspecified atom stereocenters. The van der Waals surface area contributed by atoms with E-state index in [4.69, 9.17) is 24.5 Å². The summed E-state index contributed by atoms with van der Waals surface area (Å²) in [5, 5.41) is 5.12. The fourth-order valence-electron chi connectivity index (χ4n) is 4.58.